The molecular formula is C9H7FN2OS. The maximum Gasteiger partial charge on any atom is 0.213 e. The van der Waals surface area contributed by atoms with Crippen LogP contribution in [0.3, 0.4) is 0 Å². The Bertz CT molecular complexity index is 388. The summed E-state index contributed by atoms with van der Waals surface area (Å²) in [4.78, 5) is 7.52. The monoisotopic (exact) mass is 210 g/mol. The Labute approximate surface area is 84.2 Å². The first-order chi connectivity index (χ1) is 6.84. The average Bonchev–Trinajstić information content (AvgIpc) is 2.70. The summed E-state index contributed by atoms with van der Waals surface area (Å²) in [6, 6.07) is 2.80. The topological polar surface area (TPSA) is 35.0 Å². The first kappa shape index (κ1) is 9.08. The first-order valence-electron chi connectivity index (χ1n) is 3.97. The molecule has 0 aromatic carbocycles. The molecule has 0 bridgehead atoms. The summed E-state index contributed by atoms with van der Waals surface area (Å²) in [6.07, 6.45) is 3.06. The third-order valence-electron chi connectivity index (χ3n) is 1.55. The van der Waals surface area contributed by atoms with E-state index in [2.05, 4.69) is 9.97 Å². The highest BCUT2D eigenvalue weighted by Gasteiger charge is 1.98. The van der Waals surface area contributed by atoms with E-state index in [1.165, 1.54) is 29.7 Å². The molecule has 0 radical (unpaired) electrons. The molecule has 0 unspecified atom stereocenters. The molecule has 72 valence electrons. The summed E-state index contributed by atoms with van der Waals surface area (Å²) >= 11 is 1.51. The molecule has 0 N–H and O–H groups in total. The maximum atomic E-state index is 12.4. The summed E-state index contributed by atoms with van der Waals surface area (Å²) in [6.45, 7) is 0.394. The van der Waals surface area contributed by atoms with Crippen LogP contribution in [0, 0.1) is 5.95 Å². The summed E-state index contributed by atoms with van der Waals surface area (Å²) in [5, 5.41) is 2.76. The zero-order valence-corrected chi connectivity index (χ0v) is 8.00. The van der Waals surface area contributed by atoms with Crippen LogP contribution in [0.5, 0.6) is 5.75 Å². The van der Waals surface area contributed by atoms with Gasteiger partial charge in [-0.05, 0) is 12.1 Å². The lowest BCUT2D eigenvalue weighted by Gasteiger charge is -2.02. The molecule has 0 aliphatic heterocycles. The number of ether oxygens (including phenoxy) is 1. The molecule has 2 heterocycles. The fourth-order valence-corrected chi connectivity index (χ4v) is 1.44. The molecule has 0 saturated carbocycles. The summed E-state index contributed by atoms with van der Waals surface area (Å²) in [7, 11) is 0. The van der Waals surface area contributed by atoms with Crippen molar-refractivity contribution in [2.45, 2.75) is 6.61 Å². The molecule has 5 heteroatoms. The van der Waals surface area contributed by atoms with Crippen molar-refractivity contribution in [2.75, 3.05) is 0 Å². The standard InChI is InChI=1S/C9H7FN2OS/c10-8-2-1-7(5-12-8)13-6-9-11-3-4-14-9/h1-5H,6H2. The predicted molar refractivity (Wildman–Crippen MR) is 50.6 cm³/mol. The number of aromatic nitrogens is 2. The Morgan fingerprint density at radius 1 is 1.36 bits per heavy atom. The van der Waals surface area contributed by atoms with Crippen molar-refractivity contribution in [1.29, 1.82) is 0 Å². The van der Waals surface area contributed by atoms with E-state index < -0.39 is 5.95 Å². The van der Waals surface area contributed by atoms with Gasteiger partial charge in [-0.3, -0.25) is 0 Å². The van der Waals surface area contributed by atoms with E-state index >= 15 is 0 Å². The third-order valence-corrected chi connectivity index (χ3v) is 2.30. The fourth-order valence-electron chi connectivity index (χ4n) is 0.917. The number of thiazole rings is 1. The molecule has 0 fully saturated rings. The fraction of sp³-hybridized carbons (Fsp3) is 0.111. The average molecular weight is 210 g/mol. The molecule has 14 heavy (non-hydrogen) atoms. The van der Waals surface area contributed by atoms with Gasteiger partial charge in [-0.15, -0.1) is 11.3 Å². The van der Waals surface area contributed by atoms with E-state index in [0.717, 1.165) is 5.01 Å². The van der Waals surface area contributed by atoms with Crippen LogP contribution in [0.15, 0.2) is 29.9 Å². The lowest BCUT2D eigenvalue weighted by Crippen LogP contribution is -1.95. The van der Waals surface area contributed by atoms with Crippen molar-refractivity contribution >= 4 is 11.3 Å². The van der Waals surface area contributed by atoms with Crippen LogP contribution < -0.4 is 4.74 Å². The molecule has 0 atom stereocenters. The first-order valence-corrected chi connectivity index (χ1v) is 4.85. The number of hydrogen-bond donors (Lipinski definition) is 0. The minimum Gasteiger partial charge on any atom is -0.485 e. The smallest absolute Gasteiger partial charge is 0.213 e. The molecule has 0 aliphatic rings. The number of rotatable bonds is 3. The van der Waals surface area contributed by atoms with Crippen LogP contribution in [0.25, 0.3) is 0 Å². The van der Waals surface area contributed by atoms with Gasteiger partial charge in [0.05, 0.1) is 6.20 Å². The Kier molecular flexibility index (Phi) is 2.69. The van der Waals surface area contributed by atoms with Crippen LogP contribution in [-0.2, 0) is 6.61 Å². The van der Waals surface area contributed by atoms with Gasteiger partial charge in [0.2, 0.25) is 5.95 Å². The van der Waals surface area contributed by atoms with Crippen molar-refractivity contribution in [3.8, 4) is 5.75 Å². The van der Waals surface area contributed by atoms with Crippen molar-refractivity contribution in [3.63, 3.8) is 0 Å². The number of pyridine rings is 1. The number of hydrogen-bond acceptors (Lipinski definition) is 4. The molecule has 3 nitrogen and oxygen atoms in total. The van der Waals surface area contributed by atoms with Gasteiger partial charge in [0.25, 0.3) is 0 Å². The van der Waals surface area contributed by atoms with E-state index in [9.17, 15) is 4.39 Å². The van der Waals surface area contributed by atoms with Crippen molar-refractivity contribution in [3.05, 3.63) is 40.9 Å². The molecule has 2 aromatic rings. The molecular weight excluding hydrogens is 203 g/mol. The minimum atomic E-state index is -0.508. The van der Waals surface area contributed by atoms with Gasteiger partial charge in [-0.2, -0.15) is 4.39 Å². The van der Waals surface area contributed by atoms with Gasteiger partial charge < -0.3 is 4.74 Å². The largest absolute Gasteiger partial charge is 0.485 e. The highest BCUT2D eigenvalue weighted by Crippen LogP contribution is 2.12. The van der Waals surface area contributed by atoms with E-state index in [1.807, 2.05) is 5.38 Å². The van der Waals surface area contributed by atoms with Gasteiger partial charge >= 0.3 is 0 Å². The van der Waals surface area contributed by atoms with Crippen LogP contribution in [0.1, 0.15) is 5.01 Å². The van der Waals surface area contributed by atoms with Crippen molar-refractivity contribution < 1.29 is 9.13 Å². The Hall–Kier alpha value is -1.49. The zero-order valence-electron chi connectivity index (χ0n) is 7.18. The van der Waals surface area contributed by atoms with E-state index in [4.69, 9.17) is 4.74 Å². The minimum absolute atomic E-state index is 0.394. The second kappa shape index (κ2) is 4.15. The lowest BCUT2D eigenvalue weighted by atomic mass is 10.4. The number of halogens is 1. The van der Waals surface area contributed by atoms with Gasteiger partial charge in [-0.1, -0.05) is 0 Å². The second-order valence-electron chi connectivity index (χ2n) is 2.53. The van der Waals surface area contributed by atoms with Crippen molar-refractivity contribution in [2.24, 2.45) is 0 Å². The van der Waals surface area contributed by atoms with Gasteiger partial charge in [-0.25, -0.2) is 9.97 Å². The highest BCUT2D eigenvalue weighted by atomic mass is 32.1. The molecule has 0 spiro atoms. The quantitative estimate of drug-likeness (QED) is 0.729. The predicted octanol–water partition coefficient (Wildman–Crippen LogP) is 2.26. The van der Waals surface area contributed by atoms with Gasteiger partial charge in [0.1, 0.15) is 17.4 Å². The molecule has 0 saturated heterocycles. The molecule has 2 rings (SSSR count). The van der Waals surface area contributed by atoms with Crippen LogP contribution in [0.4, 0.5) is 4.39 Å². The second-order valence-corrected chi connectivity index (χ2v) is 3.51. The zero-order chi connectivity index (χ0) is 9.80. The Morgan fingerprint density at radius 2 is 2.29 bits per heavy atom. The molecule has 0 aliphatic carbocycles. The van der Waals surface area contributed by atoms with E-state index in [-0.39, 0.29) is 0 Å². The van der Waals surface area contributed by atoms with E-state index in [1.54, 1.807) is 6.20 Å². The normalized spacial score (nSPS) is 10.1. The van der Waals surface area contributed by atoms with Crippen LogP contribution >= 0.6 is 11.3 Å². The lowest BCUT2D eigenvalue weighted by molar-refractivity contribution is 0.303. The van der Waals surface area contributed by atoms with Gasteiger partial charge in [0.15, 0.2) is 0 Å². The highest BCUT2D eigenvalue weighted by molar-refractivity contribution is 7.09. The summed E-state index contributed by atoms with van der Waals surface area (Å²) in [5.74, 6) is 0.0354. The SMILES string of the molecule is Fc1ccc(OCc2nccs2)cn1. The molecule has 0 amide bonds. The van der Waals surface area contributed by atoms with Crippen molar-refractivity contribution in [1.82, 2.24) is 9.97 Å². The number of nitrogens with zero attached hydrogens (tertiary/aromatic N) is 2. The van der Waals surface area contributed by atoms with Crippen LogP contribution in [-0.4, -0.2) is 9.97 Å². The maximum absolute atomic E-state index is 12.4. The Morgan fingerprint density at radius 3 is 2.93 bits per heavy atom. The summed E-state index contributed by atoms with van der Waals surface area (Å²) in [5.41, 5.74) is 0. The van der Waals surface area contributed by atoms with Gasteiger partial charge in [0, 0.05) is 11.6 Å². The third kappa shape index (κ3) is 2.26. The van der Waals surface area contributed by atoms with Crippen LogP contribution in [0.2, 0.25) is 0 Å². The summed E-state index contributed by atoms with van der Waals surface area (Å²) < 4.78 is 17.7. The van der Waals surface area contributed by atoms with E-state index in [0.29, 0.717) is 12.4 Å². The Balaban J connectivity index is 1.95. The molecule has 2 aromatic heterocycles.